The molecule has 7 nitrogen and oxygen atoms in total. The van der Waals surface area contributed by atoms with E-state index in [0.717, 1.165) is 17.3 Å². The van der Waals surface area contributed by atoms with Crippen molar-refractivity contribution in [1.82, 2.24) is 24.8 Å². The summed E-state index contributed by atoms with van der Waals surface area (Å²) in [7, 11) is 0. The van der Waals surface area contributed by atoms with Gasteiger partial charge in [0, 0.05) is 49.4 Å². The second-order valence-electron chi connectivity index (χ2n) is 7.81. The molecule has 1 fully saturated rings. The van der Waals surface area contributed by atoms with Gasteiger partial charge in [0.1, 0.15) is 11.6 Å². The highest BCUT2D eigenvalue weighted by atomic mass is 19.3. The average Bonchev–Trinajstić information content (AvgIpc) is 3.16. The fourth-order valence-corrected chi connectivity index (χ4v) is 3.58. The van der Waals surface area contributed by atoms with Crippen LogP contribution in [0.5, 0.6) is 0 Å². The molecule has 0 bridgehead atoms. The first-order valence-electron chi connectivity index (χ1n) is 9.99. The van der Waals surface area contributed by atoms with E-state index < -0.39 is 6.43 Å². The average molecular weight is 414 g/mol. The van der Waals surface area contributed by atoms with E-state index >= 15 is 0 Å². The molecule has 9 heteroatoms. The minimum absolute atomic E-state index is 0.119. The van der Waals surface area contributed by atoms with E-state index in [9.17, 15) is 13.6 Å². The number of hydrogen-bond donors (Lipinski definition) is 1. The molecule has 1 amide bonds. The van der Waals surface area contributed by atoms with Gasteiger partial charge in [-0.1, -0.05) is 13.8 Å². The molecule has 1 saturated heterocycles. The summed E-state index contributed by atoms with van der Waals surface area (Å²) >= 11 is 0. The highest BCUT2D eigenvalue weighted by Gasteiger charge is 2.24. The van der Waals surface area contributed by atoms with Gasteiger partial charge in [-0.15, -0.1) is 0 Å². The molecular formula is C21H24F2N6O. The first-order chi connectivity index (χ1) is 14.3. The zero-order chi connectivity index (χ0) is 21.4. The van der Waals surface area contributed by atoms with Gasteiger partial charge in [0.05, 0.1) is 11.0 Å². The summed E-state index contributed by atoms with van der Waals surface area (Å²) in [5.41, 5.74) is 2.25. The normalized spacial score (nSPS) is 14.9. The van der Waals surface area contributed by atoms with Gasteiger partial charge < -0.3 is 14.8 Å². The van der Waals surface area contributed by atoms with Crippen LogP contribution in [0.2, 0.25) is 0 Å². The molecule has 0 saturated carbocycles. The van der Waals surface area contributed by atoms with Crippen molar-refractivity contribution in [3.63, 3.8) is 0 Å². The number of nitrogens with zero attached hydrogens (tertiary/aromatic N) is 5. The van der Waals surface area contributed by atoms with Crippen LogP contribution >= 0.6 is 0 Å². The molecule has 0 spiro atoms. The second-order valence-corrected chi connectivity index (χ2v) is 7.81. The molecule has 0 radical (unpaired) electrons. The van der Waals surface area contributed by atoms with E-state index in [0.29, 0.717) is 42.8 Å². The van der Waals surface area contributed by atoms with Crippen molar-refractivity contribution in [2.24, 2.45) is 0 Å². The molecule has 1 aliphatic rings. The first-order valence-corrected chi connectivity index (χ1v) is 9.99. The Morgan fingerprint density at radius 2 is 1.80 bits per heavy atom. The Morgan fingerprint density at radius 3 is 2.47 bits per heavy atom. The third-order valence-electron chi connectivity index (χ3n) is 5.22. The van der Waals surface area contributed by atoms with E-state index in [-0.39, 0.29) is 17.6 Å². The van der Waals surface area contributed by atoms with Gasteiger partial charge in [0.15, 0.2) is 5.82 Å². The zero-order valence-electron chi connectivity index (χ0n) is 17.2. The lowest BCUT2D eigenvalue weighted by Crippen LogP contribution is -2.49. The van der Waals surface area contributed by atoms with Gasteiger partial charge in [0.25, 0.3) is 12.3 Å². The van der Waals surface area contributed by atoms with Crippen LogP contribution in [0.4, 0.5) is 14.6 Å². The summed E-state index contributed by atoms with van der Waals surface area (Å²) < 4.78 is 25.7. The molecule has 3 heterocycles. The number of halogens is 2. The monoisotopic (exact) mass is 414 g/mol. The van der Waals surface area contributed by atoms with E-state index in [4.69, 9.17) is 0 Å². The van der Waals surface area contributed by atoms with Crippen LogP contribution in [0.25, 0.3) is 11.0 Å². The number of carbonyl (C=O) groups is 1. The van der Waals surface area contributed by atoms with E-state index in [2.05, 4.69) is 38.7 Å². The number of alkyl halides is 2. The summed E-state index contributed by atoms with van der Waals surface area (Å²) in [6, 6.07) is 6.79. The van der Waals surface area contributed by atoms with Crippen LogP contribution < -0.4 is 4.90 Å². The van der Waals surface area contributed by atoms with Crippen LogP contribution in [0, 0.1) is 6.92 Å². The van der Waals surface area contributed by atoms with Crippen molar-refractivity contribution in [3.05, 3.63) is 47.2 Å². The van der Waals surface area contributed by atoms with Gasteiger partial charge in [-0.05, 0) is 25.1 Å². The number of benzene rings is 1. The molecular weight excluding hydrogens is 390 g/mol. The number of imidazole rings is 1. The number of fused-ring (bicyclic) bond motifs is 1. The summed E-state index contributed by atoms with van der Waals surface area (Å²) in [4.78, 5) is 32.5. The predicted molar refractivity (Wildman–Crippen MR) is 110 cm³/mol. The molecule has 0 aliphatic carbocycles. The number of amides is 1. The Bertz CT molecular complexity index is 1070. The minimum Gasteiger partial charge on any atom is -0.353 e. The fourth-order valence-electron chi connectivity index (χ4n) is 3.58. The lowest BCUT2D eigenvalue weighted by Gasteiger charge is -2.35. The fraction of sp³-hybridized carbons (Fsp3) is 0.429. The Kier molecular flexibility index (Phi) is 5.36. The lowest BCUT2D eigenvalue weighted by atomic mass is 10.1. The van der Waals surface area contributed by atoms with Crippen LogP contribution in [-0.2, 0) is 0 Å². The molecule has 158 valence electrons. The Balaban J connectivity index is 1.46. The molecule has 0 atom stereocenters. The largest absolute Gasteiger partial charge is 0.353 e. The number of aromatic nitrogens is 4. The highest BCUT2D eigenvalue weighted by Crippen LogP contribution is 2.22. The van der Waals surface area contributed by atoms with Crippen LogP contribution in [0.3, 0.4) is 0 Å². The van der Waals surface area contributed by atoms with Gasteiger partial charge in [-0.3, -0.25) is 4.79 Å². The maximum absolute atomic E-state index is 12.9. The van der Waals surface area contributed by atoms with Crippen molar-refractivity contribution >= 4 is 22.8 Å². The molecule has 1 aliphatic heterocycles. The predicted octanol–water partition coefficient (Wildman–Crippen LogP) is 3.68. The number of carbonyl (C=O) groups excluding carboxylic acids is 1. The third kappa shape index (κ3) is 3.96. The Labute approximate surface area is 173 Å². The summed E-state index contributed by atoms with van der Waals surface area (Å²) in [5.74, 6) is 1.45. The van der Waals surface area contributed by atoms with Crippen LogP contribution in [0.15, 0.2) is 24.3 Å². The van der Waals surface area contributed by atoms with Gasteiger partial charge in [-0.2, -0.15) is 0 Å². The molecule has 2 aromatic heterocycles. The topological polar surface area (TPSA) is 78.0 Å². The molecule has 30 heavy (non-hydrogen) atoms. The first kappa shape index (κ1) is 20.2. The number of H-pyrrole nitrogens is 1. The molecule has 3 aromatic rings. The summed E-state index contributed by atoms with van der Waals surface area (Å²) in [5, 5.41) is 0. The number of aryl methyl sites for hydroxylation is 1. The quantitative estimate of drug-likeness (QED) is 0.705. The number of aromatic amines is 1. The number of anilines is 1. The van der Waals surface area contributed by atoms with Crippen molar-refractivity contribution < 1.29 is 13.6 Å². The zero-order valence-corrected chi connectivity index (χ0v) is 17.2. The SMILES string of the molecule is Cc1cc(N2CCN(C(=O)c3ccc4nc(C(F)F)[nH]c4c3)CC2)nc(C(C)C)n1. The van der Waals surface area contributed by atoms with E-state index in [1.807, 2.05) is 13.0 Å². The van der Waals surface area contributed by atoms with Crippen molar-refractivity contribution in [2.75, 3.05) is 31.1 Å². The Hall–Kier alpha value is -3.10. The number of nitrogens with one attached hydrogen (secondary N) is 1. The van der Waals surface area contributed by atoms with Crippen molar-refractivity contribution in [2.45, 2.75) is 33.1 Å². The summed E-state index contributed by atoms with van der Waals surface area (Å²) in [6.45, 7) is 8.54. The van der Waals surface area contributed by atoms with Crippen LogP contribution in [-0.4, -0.2) is 56.9 Å². The van der Waals surface area contributed by atoms with Gasteiger partial charge >= 0.3 is 0 Å². The Morgan fingerprint density at radius 1 is 1.07 bits per heavy atom. The van der Waals surface area contributed by atoms with Crippen LogP contribution in [0.1, 0.15) is 53.9 Å². The standard InChI is InChI=1S/C21H24F2N6O/c1-12(2)19-24-13(3)10-17(27-19)28-6-8-29(9-7-28)21(30)14-4-5-15-16(11-14)26-20(25-15)18(22)23/h4-5,10-12,18H,6-9H2,1-3H3,(H,25,26). The molecule has 4 rings (SSSR count). The maximum atomic E-state index is 12.9. The van der Waals surface area contributed by atoms with Gasteiger partial charge in [0.2, 0.25) is 0 Å². The molecule has 0 unspecified atom stereocenters. The minimum atomic E-state index is -2.67. The van der Waals surface area contributed by atoms with Gasteiger partial charge in [-0.25, -0.2) is 23.7 Å². The summed E-state index contributed by atoms with van der Waals surface area (Å²) in [6.07, 6.45) is -2.67. The number of hydrogen-bond acceptors (Lipinski definition) is 5. The second kappa shape index (κ2) is 7.97. The number of piperazine rings is 1. The molecule has 1 aromatic carbocycles. The van der Waals surface area contributed by atoms with E-state index in [1.165, 1.54) is 0 Å². The number of rotatable bonds is 4. The smallest absolute Gasteiger partial charge is 0.295 e. The van der Waals surface area contributed by atoms with Crippen molar-refractivity contribution in [1.29, 1.82) is 0 Å². The maximum Gasteiger partial charge on any atom is 0.295 e. The van der Waals surface area contributed by atoms with E-state index in [1.54, 1.807) is 23.1 Å². The lowest BCUT2D eigenvalue weighted by molar-refractivity contribution is 0.0746. The molecule has 1 N–H and O–H groups in total. The van der Waals surface area contributed by atoms with Crippen molar-refractivity contribution in [3.8, 4) is 0 Å². The highest BCUT2D eigenvalue weighted by molar-refractivity contribution is 5.97. The third-order valence-corrected chi connectivity index (χ3v) is 5.22.